The zero-order valence-electron chi connectivity index (χ0n) is 10.3. The molecule has 0 aromatic heterocycles. The number of hydrogen-bond acceptors (Lipinski definition) is 5. The van der Waals surface area contributed by atoms with Gasteiger partial charge >= 0.3 is 5.97 Å². The van der Waals surface area contributed by atoms with Gasteiger partial charge in [0.15, 0.2) is 9.84 Å². The predicted octanol–water partition coefficient (Wildman–Crippen LogP) is -1.87. The molecule has 0 saturated heterocycles. The molecule has 18 heavy (non-hydrogen) atoms. The molecule has 0 aromatic rings. The summed E-state index contributed by atoms with van der Waals surface area (Å²) in [5, 5.41) is 11.6. The summed E-state index contributed by atoms with van der Waals surface area (Å²) in [6, 6.07) is -1.57. The van der Waals surface area contributed by atoms with Crippen LogP contribution in [0.3, 0.4) is 0 Å². The van der Waals surface area contributed by atoms with E-state index in [0.717, 1.165) is 13.8 Å². The summed E-state index contributed by atoms with van der Waals surface area (Å²) in [6.07, 6.45) is 0. The van der Waals surface area contributed by atoms with Crippen LogP contribution >= 0.6 is 0 Å². The van der Waals surface area contributed by atoms with E-state index in [2.05, 4.69) is 5.32 Å². The topological polar surface area (TPSA) is 130 Å². The maximum atomic E-state index is 11.8. The van der Waals surface area contributed by atoms with E-state index in [0.29, 0.717) is 0 Å². The number of aliphatic carboxylic acids is 1. The number of rotatable bonds is 6. The number of nitrogens with one attached hydrogen (secondary N) is 2. The first-order chi connectivity index (χ1) is 8.11. The highest BCUT2D eigenvalue weighted by Gasteiger charge is 2.33. The molecule has 0 aliphatic carbocycles. The molecule has 0 fully saturated rings. The summed E-state index contributed by atoms with van der Waals surface area (Å²) < 4.78 is 23.5. The SMILES string of the molecule is CNC(=O)C(C)S(=O)(=O)CC(NC(C)=O)C(=O)O. The fraction of sp³-hybridized carbons (Fsp3) is 0.667. The fourth-order valence-electron chi connectivity index (χ4n) is 1.16. The Bertz CT molecular complexity index is 444. The van der Waals surface area contributed by atoms with Gasteiger partial charge in [0, 0.05) is 14.0 Å². The fourth-order valence-corrected chi connectivity index (χ4v) is 2.59. The summed E-state index contributed by atoms with van der Waals surface area (Å²) in [4.78, 5) is 32.8. The molecule has 0 spiro atoms. The lowest BCUT2D eigenvalue weighted by Crippen LogP contribution is -2.48. The lowest BCUT2D eigenvalue weighted by atomic mass is 10.3. The maximum Gasteiger partial charge on any atom is 0.327 e. The van der Waals surface area contributed by atoms with E-state index in [4.69, 9.17) is 5.11 Å². The molecule has 0 rings (SSSR count). The molecule has 0 bridgehead atoms. The number of hydrogen-bond donors (Lipinski definition) is 3. The second-order valence-electron chi connectivity index (χ2n) is 3.68. The van der Waals surface area contributed by atoms with Crippen molar-refractivity contribution in [2.75, 3.05) is 12.8 Å². The van der Waals surface area contributed by atoms with E-state index in [1.54, 1.807) is 0 Å². The molecule has 3 N–H and O–H groups in total. The highest BCUT2D eigenvalue weighted by atomic mass is 32.2. The second-order valence-corrected chi connectivity index (χ2v) is 6.04. The zero-order valence-corrected chi connectivity index (χ0v) is 11.1. The standard InChI is InChI=1S/C9H16N2O6S/c1-5(8(13)10-3)18(16,17)4-7(9(14)15)11-6(2)12/h5,7H,4H2,1-3H3,(H,10,13)(H,11,12)(H,14,15). The molecule has 9 heteroatoms. The molecule has 2 unspecified atom stereocenters. The van der Waals surface area contributed by atoms with Crippen LogP contribution < -0.4 is 10.6 Å². The summed E-state index contributed by atoms with van der Waals surface area (Å²) in [5.41, 5.74) is 0. The first kappa shape index (κ1) is 16.4. The molecule has 0 saturated carbocycles. The summed E-state index contributed by atoms with van der Waals surface area (Å²) in [7, 11) is -2.69. The van der Waals surface area contributed by atoms with Gasteiger partial charge in [0.1, 0.15) is 11.3 Å². The molecule has 104 valence electrons. The Morgan fingerprint density at radius 2 is 1.78 bits per heavy atom. The van der Waals surface area contributed by atoms with Crippen molar-refractivity contribution in [3.8, 4) is 0 Å². The van der Waals surface area contributed by atoms with Gasteiger partial charge in [-0.2, -0.15) is 0 Å². The lowest BCUT2D eigenvalue weighted by Gasteiger charge is -2.16. The molecular weight excluding hydrogens is 264 g/mol. The Balaban J connectivity index is 4.97. The van der Waals surface area contributed by atoms with Crippen LogP contribution in [-0.4, -0.2) is 55.4 Å². The van der Waals surface area contributed by atoms with Crippen molar-refractivity contribution in [3.05, 3.63) is 0 Å². The summed E-state index contributed by atoms with van der Waals surface area (Å²) in [6.45, 7) is 2.23. The maximum absolute atomic E-state index is 11.8. The zero-order chi connectivity index (χ0) is 14.5. The van der Waals surface area contributed by atoms with Gasteiger partial charge in [-0.05, 0) is 6.92 Å². The molecule has 2 amide bonds. The minimum atomic E-state index is -3.97. The van der Waals surface area contributed by atoms with Gasteiger partial charge in [-0.15, -0.1) is 0 Å². The van der Waals surface area contributed by atoms with Gasteiger partial charge in [-0.3, -0.25) is 9.59 Å². The van der Waals surface area contributed by atoms with Crippen LogP contribution in [0.1, 0.15) is 13.8 Å². The molecule has 0 aliphatic rings. The van der Waals surface area contributed by atoms with E-state index in [9.17, 15) is 22.8 Å². The van der Waals surface area contributed by atoms with Crippen LogP contribution in [0.25, 0.3) is 0 Å². The third kappa shape index (κ3) is 4.70. The first-order valence-electron chi connectivity index (χ1n) is 5.05. The van der Waals surface area contributed by atoms with Crippen molar-refractivity contribution < 1.29 is 27.9 Å². The Morgan fingerprint density at radius 3 is 2.11 bits per heavy atom. The summed E-state index contributed by atoms with van der Waals surface area (Å²) >= 11 is 0. The highest BCUT2D eigenvalue weighted by Crippen LogP contribution is 2.05. The van der Waals surface area contributed by atoms with Crippen molar-refractivity contribution in [2.24, 2.45) is 0 Å². The molecule has 0 aromatic carbocycles. The van der Waals surface area contributed by atoms with Gasteiger partial charge in [0.2, 0.25) is 11.8 Å². The van der Waals surface area contributed by atoms with Crippen molar-refractivity contribution in [2.45, 2.75) is 25.1 Å². The Kier molecular flexibility index (Phi) is 5.76. The molecular formula is C9H16N2O6S. The number of carbonyl (C=O) groups is 3. The smallest absolute Gasteiger partial charge is 0.327 e. The minimum absolute atomic E-state index is 0.662. The van der Waals surface area contributed by atoms with Crippen molar-refractivity contribution in [1.29, 1.82) is 0 Å². The lowest BCUT2D eigenvalue weighted by molar-refractivity contribution is -0.140. The van der Waals surface area contributed by atoms with Crippen molar-refractivity contribution in [1.82, 2.24) is 10.6 Å². The van der Waals surface area contributed by atoms with Gasteiger partial charge < -0.3 is 15.7 Å². The largest absolute Gasteiger partial charge is 0.480 e. The number of carboxylic acid groups (broad SMARTS) is 1. The third-order valence-electron chi connectivity index (χ3n) is 2.23. The number of amides is 2. The van der Waals surface area contributed by atoms with Gasteiger partial charge in [0.25, 0.3) is 0 Å². The van der Waals surface area contributed by atoms with Crippen LogP contribution in [0.2, 0.25) is 0 Å². The van der Waals surface area contributed by atoms with Crippen LogP contribution in [0.4, 0.5) is 0 Å². The van der Waals surface area contributed by atoms with Crippen molar-refractivity contribution in [3.63, 3.8) is 0 Å². The molecule has 8 nitrogen and oxygen atoms in total. The van der Waals surface area contributed by atoms with E-state index in [1.165, 1.54) is 7.05 Å². The number of carboxylic acids is 1. The normalized spacial score (nSPS) is 14.4. The monoisotopic (exact) mass is 280 g/mol. The highest BCUT2D eigenvalue weighted by molar-refractivity contribution is 7.92. The Hall–Kier alpha value is -1.64. The van der Waals surface area contributed by atoms with Gasteiger partial charge in [-0.1, -0.05) is 0 Å². The van der Waals surface area contributed by atoms with Crippen LogP contribution in [0.5, 0.6) is 0 Å². The number of carbonyl (C=O) groups excluding carboxylic acids is 2. The van der Waals surface area contributed by atoms with E-state index in [1.807, 2.05) is 5.32 Å². The van der Waals surface area contributed by atoms with Crippen LogP contribution in [-0.2, 0) is 24.2 Å². The van der Waals surface area contributed by atoms with E-state index < -0.39 is 44.7 Å². The second kappa shape index (κ2) is 6.34. The molecule has 2 atom stereocenters. The summed E-state index contributed by atoms with van der Waals surface area (Å²) in [5.74, 6) is -3.71. The molecule has 0 radical (unpaired) electrons. The van der Waals surface area contributed by atoms with E-state index in [-0.39, 0.29) is 0 Å². The van der Waals surface area contributed by atoms with Crippen LogP contribution in [0, 0.1) is 0 Å². The average molecular weight is 280 g/mol. The van der Waals surface area contributed by atoms with Crippen molar-refractivity contribution >= 4 is 27.6 Å². The Morgan fingerprint density at radius 1 is 1.28 bits per heavy atom. The molecule has 0 aliphatic heterocycles. The molecule has 0 heterocycles. The number of sulfone groups is 1. The van der Waals surface area contributed by atoms with E-state index >= 15 is 0 Å². The van der Waals surface area contributed by atoms with Gasteiger partial charge in [-0.25, -0.2) is 13.2 Å². The minimum Gasteiger partial charge on any atom is -0.480 e. The van der Waals surface area contributed by atoms with Crippen LogP contribution in [0.15, 0.2) is 0 Å². The first-order valence-corrected chi connectivity index (χ1v) is 6.76. The van der Waals surface area contributed by atoms with Gasteiger partial charge in [0.05, 0.1) is 5.75 Å². The average Bonchev–Trinajstić information content (AvgIpc) is 2.24. The predicted molar refractivity (Wildman–Crippen MR) is 62.6 cm³/mol. The quantitative estimate of drug-likeness (QED) is 0.522. The Labute approximate surface area is 105 Å². The third-order valence-corrected chi connectivity index (χ3v) is 4.32.